The first-order chi connectivity index (χ1) is 16.7. The van der Waals surface area contributed by atoms with Gasteiger partial charge >= 0.3 is 0 Å². The number of hydrogen-bond acceptors (Lipinski definition) is 5. The van der Waals surface area contributed by atoms with E-state index in [4.69, 9.17) is 4.98 Å². The Labute approximate surface area is 208 Å². The van der Waals surface area contributed by atoms with Crippen LogP contribution >= 0.6 is 0 Å². The number of aryl methyl sites for hydroxylation is 1. The minimum atomic E-state index is -3.51. The van der Waals surface area contributed by atoms with Crippen molar-refractivity contribution in [1.29, 1.82) is 0 Å². The molecule has 8 nitrogen and oxygen atoms in total. The minimum Gasteiger partial charge on any atom is -0.341 e. The van der Waals surface area contributed by atoms with Gasteiger partial charge in [0.05, 0.1) is 28.0 Å². The van der Waals surface area contributed by atoms with Gasteiger partial charge in [-0.1, -0.05) is 37.3 Å². The summed E-state index contributed by atoms with van der Waals surface area (Å²) in [5, 5.41) is 0. The van der Waals surface area contributed by atoms with Crippen LogP contribution in [0.1, 0.15) is 37.0 Å². The van der Waals surface area contributed by atoms with Crippen LogP contribution in [-0.2, 0) is 17.1 Å². The lowest BCUT2D eigenvalue weighted by atomic mass is 9.97. The van der Waals surface area contributed by atoms with Gasteiger partial charge in [0.2, 0.25) is 10.0 Å². The molecule has 35 heavy (non-hydrogen) atoms. The Morgan fingerprint density at radius 3 is 2.63 bits per heavy atom. The van der Waals surface area contributed by atoms with E-state index in [1.54, 1.807) is 24.0 Å². The van der Waals surface area contributed by atoms with Crippen molar-refractivity contribution in [3.63, 3.8) is 0 Å². The van der Waals surface area contributed by atoms with Gasteiger partial charge in [-0.05, 0) is 50.9 Å². The fraction of sp³-hybridized carbons (Fsp3) is 0.462. The molecule has 0 radical (unpaired) electrons. The lowest BCUT2D eigenvalue weighted by Gasteiger charge is -2.34. The molecule has 0 spiro atoms. The second-order valence-electron chi connectivity index (χ2n) is 9.34. The summed E-state index contributed by atoms with van der Waals surface area (Å²) < 4.78 is 29.1. The van der Waals surface area contributed by atoms with Gasteiger partial charge in [0.15, 0.2) is 0 Å². The number of piperidine rings is 1. The van der Waals surface area contributed by atoms with Gasteiger partial charge in [-0.3, -0.25) is 9.52 Å². The van der Waals surface area contributed by atoms with Gasteiger partial charge in [0, 0.05) is 32.7 Å². The summed E-state index contributed by atoms with van der Waals surface area (Å²) in [6, 6.07) is 13.1. The molecule has 0 bridgehead atoms. The molecule has 0 aliphatic carbocycles. The van der Waals surface area contributed by atoms with Gasteiger partial charge in [-0.15, -0.1) is 0 Å². The number of nitrogens with zero attached hydrogens (tertiary/aromatic N) is 4. The highest BCUT2D eigenvalue weighted by molar-refractivity contribution is 7.92. The van der Waals surface area contributed by atoms with E-state index in [1.165, 1.54) is 0 Å². The number of carbonyl (C=O) groups is 1. The second-order valence-corrected chi connectivity index (χ2v) is 11.4. The number of sulfonamides is 1. The third kappa shape index (κ3) is 5.51. The molecule has 1 aromatic heterocycles. The Balaban J connectivity index is 1.75. The van der Waals surface area contributed by atoms with Crippen molar-refractivity contribution in [2.75, 3.05) is 43.7 Å². The predicted molar refractivity (Wildman–Crippen MR) is 141 cm³/mol. The van der Waals surface area contributed by atoms with Crippen molar-refractivity contribution >= 4 is 32.7 Å². The Kier molecular flexibility index (Phi) is 7.47. The van der Waals surface area contributed by atoms with E-state index in [0.717, 1.165) is 43.9 Å². The molecule has 1 N–H and O–H groups in total. The number of anilines is 1. The highest BCUT2D eigenvalue weighted by atomic mass is 32.2. The Morgan fingerprint density at radius 2 is 1.94 bits per heavy atom. The maximum Gasteiger partial charge on any atom is 0.255 e. The van der Waals surface area contributed by atoms with E-state index < -0.39 is 10.0 Å². The van der Waals surface area contributed by atoms with Crippen molar-refractivity contribution in [3.05, 3.63) is 48.0 Å². The summed E-state index contributed by atoms with van der Waals surface area (Å²) in [7, 11) is 0.217. The van der Waals surface area contributed by atoms with Crippen molar-refractivity contribution < 1.29 is 13.2 Å². The first kappa shape index (κ1) is 25.2. The van der Waals surface area contributed by atoms with E-state index >= 15 is 0 Å². The van der Waals surface area contributed by atoms with Gasteiger partial charge < -0.3 is 14.4 Å². The van der Waals surface area contributed by atoms with E-state index in [0.29, 0.717) is 34.7 Å². The van der Waals surface area contributed by atoms with E-state index in [9.17, 15) is 13.2 Å². The number of nitrogens with one attached hydrogen (secondary N) is 1. The third-order valence-electron chi connectivity index (χ3n) is 6.81. The number of likely N-dealkylation sites (tertiary alicyclic amines) is 1. The molecule has 1 atom stereocenters. The van der Waals surface area contributed by atoms with Gasteiger partial charge in [-0.25, -0.2) is 13.4 Å². The van der Waals surface area contributed by atoms with Crippen molar-refractivity contribution in [3.8, 4) is 11.4 Å². The van der Waals surface area contributed by atoms with Crippen molar-refractivity contribution in [2.24, 2.45) is 13.0 Å². The van der Waals surface area contributed by atoms with Crippen LogP contribution in [0.2, 0.25) is 0 Å². The molecule has 4 rings (SSSR count). The van der Waals surface area contributed by atoms with E-state index in [2.05, 4.69) is 16.5 Å². The molecular formula is C26H35N5O3S. The molecule has 1 aliphatic heterocycles. The molecule has 0 saturated carbocycles. The zero-order chi connectivity index (χ0) is 25.2. The Morgan fingerprint density at radius 1 is 1.20 bits per heavy atom. The predicted octanol–water partition coefficient (Wildman–Crippen LogP) is 3.81. The molecule has 188 valence electrons. The quantitative estimate of drug-likeness (QED) is 0.511. The number of aromatic nitrogens is 2. The fourth-order valence-corrected chi connectivity index (χ4v) is 5.56. The molecule has 3 aromatic rings. The maximum absolute atomic E-state index is 13.8. The van der Waals surface area contributed by atoms with E-state index in [1.807, 2.05) is 49.0 Å². The fourth-order valence-electron chi connectivity index (χ4n) is 4.93. The summed E-state index contributed by atoms with van der Waals surface area (Å²) in [5.74, 6) is 0.949. The van der Waals surface area contributed by atoms with Crippen LogP contribution in [0.25, 0.3) is 22.4 Å². The van der Waals surface area contributed by atoms with Crippen LogP contribution in [0.5, 0.6) is 0 Å². The number of amides is 1. The van der Waals surface area contributed by atoms with Crippen molar-refractivity contribution in [2.45, 2.75) is 26.7 Å². The first-order valence-corrected chi connectivity index (χ1v) is 13.9. The lowest BCUT2D eigenvalue weighted by Crippen LogP contribution is -2.41. The normalized spacial score (nSPS) is 17.0. The molecule has 1 aliphatic rings. The van der Waals surface area contributed by atoms with Crippen LogP contribution < -0.4 is 4.72 Å². The number of hydrogen-bond donors (Lipinski definition) is 1. The van der Waals surface area contributed by atoms with Gasteiger partial charge in [0.25, 0.3) is 5.91 Å². The molecule has 2 aromatic carbocycles. The average Bonchev–Trinajstić information content (AvgIpc) is 3.19. The number of benzene rings is 2. The summed E-state index contributed by atoms with van der Waals surface area (Å²) in [6.45, 7) is 7.53. The molecule has 1 fully saturated rings. The largest absolute Gasteiger partial charge is 0.341 e. The third-order valence-corrected chi connectivity index (χ3v) is 8.12. The molecular weight excluding hydrogens is 462 g/mol. The molecule has 1 amide bonds. The van der Waals surface area contributed by atoms with Crippen LogP contribution in [-0.4, -0.2) is 72.7 Å². The summed E-state index contributed by atoms with van der Waals surface area (Å²) in [5.41, 5.74) is 2.99. The lowest BCUT2D eigenvalue weighted by molar-refractivity contribution is 0.0734. The number of fused-ring (bicyclic) bond motifs is 1. The number of rotatable bonds is 8. The summed E-state index contributed by atoms with van der Waals surface area (Å²) in [4.78, 5) is 22.7. The molecule has 1 saturated heterocycles. The van der Waals surface area contributed by atoms with Gasteiger partial charge in [0.1, 0.15) is 5.82 Å². The van der Waals surface area contributed by atoms with E-state index in [-0.39, 0.29) is 11.7 Å². The summed E-state index contributed by atoms with van der Waals surface area (Å²) >= 11 is 0. The maximum atomic E-state index is 13.8. The standard InChI is InChI=1S/C26H35N5O3S/c1-5-31-14-10-11-19(18-31)17-29(3)26(32)22-15-21(28-35(33,34)6-2)16-23-24(22)30(4)25(27-23)20-12-8-7-9-13-20/h7-9,12-13,15-16,19,28H,5-6,10-11,14,17-18H2,1-4H3/t19-/m1/s1. The zero-order valence-corrected chi connectivity index (χ0v) is 21.8. The van der Waals surface area contributed by atoms with Crippen LogP contribution in [0.3, 0.4) is 0 Å². The zero-order valence-electron chi connectivity index (χ0n) is 21.0. The monoisotopic (exact) mass is 497 g/mol. The molecule has 0 unspecified atom stereocenters. The average molecular weight is 498 g/mol. The van der Waals surface area contributed by atoms with Gasteiger partial charge in [-0.2, -0.15) is 0 Å². The first-order valence-electron chi connectivity index (χ1n) is 12.3. The Bertz CT molecular complexity index is 1300. The second kappa shape index (κ2) is 10.4. The SMILES string of the molecule is CCN1CCC[C@H](CN(C)C(=O)c2cc(NS(=O)(=O)CC)cc3nc(-c4ccccc4)n(C)c23)C1. The highest BCUT2D eigenvalue weighted by Gasteiger charge is 2.26. The molecule has 2 heterocycles. The Hall–Kier alpha value is -2.91. The van der Waals surface area contributed by atoms with Crippen LogP contribution in [0.4, 0.5) is 5.69 Å². The topological polar surface area (TPSA) is 87.5 Å². The summed E-state index contributed by atoms with van der Waals surface area (Å²) in [6.07, 6.45) is 2.24. The highest BCUT2D eigenvalue weighted by Crippen LogP contribution is 2.30. The molecule has 9 heteroatoms. The smallest absolute Gasteiger partial charge is 0.255 e. The number of imidazole rings is 1. The minimum absolute atomic E-state index is 0.0543. The number of carbonyl (C=O) groups excluding carboxylic acids is 1. The van der Waals surface area contributed by atoms with Crippen LogP contribution in [0, 0.1) is 5.92 Å². The van der Waals surface area contributed by atoms with Crippen LogP contribution in [0.15, 0.2) is 42.5 Å². The van der Waals surface area contributed by atoms with Crippen molar-refractivity contribution in [1.82, 2.24) is 19.4 Å².